The van der Waals surface area contributed by atoms with E-state index >= 15 is 0 Å². The largest absolute Gasteiger partial charge is 0.377 e. The van der Waals surface area contributed by atoms with E-state index in [-0.39, 0.29) is 17.9 Å². The second-order valence-electron chi connectivity index (χ2n) is 8.57. The fourth-order valence-electron chi connectivity index (χ4n) is 3.56. The lowest BCUT2D eigenvalue weighted by Crippen LogP contribution is -2.41. The minimum absolute atomic E-state index is 0.0152. The summed E-state index contributed by atoms with van der Waals surface area (Å²) >= 11 is 7.64. The average molecular weight is 484 g/mol. The zero-order valence-corrected chi connectivity index (χ0v) is 21.2. The van der Waals surface area contributed by atoms with E-state index in [9.17, 15) is 9.59 Å². The lowest BCUT2D eigenvalue weighted by Gasteiger charge is -2.33. The van der Waals surface area contributed by atoms with Crippen molar-refractivity contribution in [2.45, 2.75) is 33.4 Å². The molecule has 0 aliphatic carbocycles. The number of thiophene rings is 1. The highest BCUT2D eigenvalue weighted by Crippen LogP contribution is 2.28. The third kappa shape index (κ3) is 5.95. The molecule has 33 heavy (non-hydrogen) atoms. The maximum atomic E-state index is 13.4. The average Bonchev–Trinajstić information content (AvgIpc) is 3.31. The number of hydrogen-bond donors (Lipinski definition) is 1. The third-order valence-corrected chi connectivity index (χ3v) is 6.92. The minimum atomic E-state index is -0.272. The van der Waals surface area contributed by atoms with Gasteiger partial charge in [0.25, 0.3) is 11.8 Å². The van der Waals surface area contributed by atoms with Crippen LogP contribution in [0.1, 0.15) is 46.4 Å². The molecule has 1 heterocycles. The highest BCUT2D eigenvalue weighted by atomic mass is 35.5. The Morgan fingerprint density at radius 3 is 2.36 bits per heavy atom. The third-order valence-electron chi connectivity index (χ3n) is 5.73. The zero-order valence-electron chi connectivity index (χ0n) is 19.6. The molecule has 0 aliphatic rings. The first-order valence-corrected chi connectivity index (χ1v) is 12.2. The van der Waals surface area contributed by atoms with Gasteiger partial charge in [-0.15, -0.1) is 11.3 Å². The Bertz CT molecular complexity index is 1110. The molecule has 0 spiro atoms. The molecule has 2 amide bonds. The van der Waals surface area contributed by atoms with Gasteiger partial charge in [-0.2, -0.15) is 0 Å². The molecule has 3 rings (SSSR count). The predicted molar refractivity (Wildman–Crippen MR) is 139 cm³/mol. The summed E-state index contributed by atoms with van der Waals surface area (Å²) in [7, 11) is 3.94. The molecule has 1 aromatic heterocycles. The quantitative estimate of drug-likeness (QED) is 0.403. The number of nitrogens with zero attached hydrogens (tertiary/aromatic N) is 2. The van der Waals surface area contributed by atoms with Crippen molar-refractivity contribution in [2.75, 3.05) is 24.3 Å². The van der Waals surface area contributed by atoms with Crippen LogP contribution in [-0.4, -0.2) is 36.9 Å². The number of hydrogen-bond acceptors (Lipinski definition) is 4. The molecule has 1 N–H and O–H groups in total. The number of anilines is 2. The van der Waals surface area contributed by atoms with Gasteiger partial charge >= 0.3 is 0 Å². The van der Waals surface area contributed by atoms with Crippen molar-refractivity contribution in [2.24, 2.45) is 5.92 Å². The smallest absolute Gasteiger partial charge is 0.264 e. The molecule has 0 aliphatic heterocycles. The van der Waals surface area contributed by atoms with Gasteiger partial charge in [-0.3, -0.25) is 9.59 Å². The number of amides is 2. The fraction of sp³-hybridized carbons (Fsp3) is 0.308. The van der Waals surface area contributed by atoms with Crippen LogP contribution in [0.15, 0.2) is 60.0 Å². The van der Waals surface area contributed by atoms with Gasteiger partial charge in [0.05, 0.1) is 15.5 Å². The van der Waals surface area contributed by atoms with Crippen molar-refractivity contribution >= 4 is 46.1 Å². The lowest BCUT2D eigenvalue weighted by molar-refractivity contribution is 0.0633. The monoisotopic (exact) mass is 483 g/mol. The maximum absolute atomic E-state index is 13.4. The van der Waals surface area contributed by atoms with Gasteiger partial charge in [0.1, 0.15) is 0 Å². The number of carbonyl (C=O) groups excluding carboxylic acids is 2. The van der Waals surface area contributed by atoms with Crippen molar-refractivity contribution < 1.29 is 9.59 Å². The highest BCUT2D eigenvalue weighted by Gasteiger charge is 2.26. The summed E-state index contributed by atoms with van der Waals surface area (Å²) in [5, 5.41) is 5.26. The Labute approximate surface area is 205 Å². The van der Waals surface area contributed by atoms with Crippen LogP contribution in [-0.2, 0) is 6.54 Å². The normalized spacial score (nSPS) is 11.8. The summed E-state index contributed by atoms with van der Waals surface area (Å²) in [5.41, 5.74) is 3.02. The molecule has 0 radical (unpaired) electrons. The summed E-state index contributed by atoms with van der Waals surface area (Å²) in [4.78, 5) is 30.8. The second kappa shape index (κ2) is 10.9. The van der Waals surface area contributed by atoms with Crippen LogP contribution < -0.4 is 10.2 Å². The predicted octanol–water partition coefficient (Wildman–Crippen LogP) is 6.41. The molecule has 2 aromatic carbocycles. The maximum Gasteiger partial charge on any atom is 0.264 e. The first-order chi connectivity index (χ1) is 15.7. The van der Waals surface area contributed by atoms with Gasteiger partial charge in [0, 0.05) is 38.1 Å². The van der Waals surface area contributed by atoms with Crippen LogP contribution in [0.4, 0.5) is 11.4 Å². The Morgan fingerprint density at radius 2 is 1.76 bits per heavy atom. The van der Waals surface area contributed by atoms with E-state index in [2.05, 4.69) is 26.1 Å². The molecule has 0 unspecified atom stereocenters. The van der Waals surface area contributed by atoms with Crippen LogP contribution >= 0.6 is 22.9 Å². The molecule has 0 saturated carbocycles. The van der Waals surface area contributed by atoms with Gasteiger partial charge in [-0.05, 0) is 60.2 Å². The molecule has 1 atom stereocenters. The summed E-state index contributed by atoms with van der Waals surface area (Å²) in [6, 6.07) is 16.5. The SMILES string of the molecule is CC(C)[C@@H](C)N(Cc1cc(NC(=O)c2ccccc2Cl)ccc1N(C)C)C(=O)c1cccs1. The molecular formula is C26H30ClN3O2S. The Kier molecular flexibility index (Phi) is 8.16. The second-order valence-corrected chi connectivity index (χ2v) is 9.92. The van der Waals surface area contributed by atoms with Gasteiger partial charge in [0.15, 0.2) is 0 Å². The van der Waals surface area contributed by atoms with E-state index in [4.69, 9.17) is 11.6 Å². The molecule has 174 valence electrons. The Hall–Kier alpha value is -2.83. The zero-order chi connectivity index (χ0) is 24.1. The van der Waals surface area contributed by atoms with E-state index in [0.717, 1.165) is 16.1 Å². The molecule has 7 heteroatoms. The topological polar surface area (TPSA) is 52.7 Å². The molecule has 0 fully saturated rings. The summed E-state index contributed by atoms with van der Waals surface area (Å²) in [5.74, 6) is 0.0347. The van der Waals surface area contributed by atoms with Gasteiger partial charge in [0.2, 0.25) is 0 Å². The standard InChI is InChI=1S/C26H30ClN3O2S/c1-17(2)18(3)30(26(32)24-11-8-14-33-24)16-19-15-20(12-13-23(19)29(4)5)28-25(31)21-9-6-7-10-22(21)27/h6-15,17-18H,16H2,1-5H3,(H,28,31)/t18-/m1/s1. The number of benzene rings is 2. The van der Waals surface area contributed by atoms with Crippen molar-refractivity contribution in [3.63, 3.8) is 0 Å². The summed E-state index contributed by atoms with van der Waals surface area (Å²) in [6.07, 6.45) is 0. The molecular weight excluding hydrogens is 454 g/mol. The van der Waals surface area contributed by atoms with Crippen molar-refractivity contribution in [1.29, 1.82) is 0 Å². The number of halogens is 1. The van der Waals surface area contributed by atoms with Crippen LogP contribution in [0.2, 0.25) is 5.02 Å². The number of nitrogens with one attached hydrogen (secondary N) is 1. The first kappa shape index (κ1) is 24.8. The van der Waals surface area contributed by atoms with E-state index in [1.807, 2.05) is 59.6 Å². The lowest BCUT2D eigenvalue weighted by atomic mass is 10.0. The first-order valence-electron chi connectivity index (χ1n) is 10.9. The van der Waals surface area contributed by atoms with Gasteiger partial charge in [-0.1, -0.05) is 43.6 Å². The van der Waals surface area contributed by atoms with Gasteiger partial charge in [-0.25, -0.2) is 0 Å². The van der Waals surface area contributed by atoms with E-state index in [1.54, 1.807) is 24.3 Å². The molecule has 0 bridgehead atoms. The van der Waals surface area contributed by atoms with E-state index in [0.29, 0.717) is 28.7 Å². The van der Waals surface area contributed by atoms with Crippen molar-refractivity contribution in [3.8, 4) is 0 Å². The van der Waals surface area contributed by atoms with Crippen molar-refractivity contribution in [3.05, 3.63) is 81.0 Å². The van der Waals surface area contributed by atoms with Crippen LogP contribution in [0, 0.1) is 5.92 Å². The van der Waals surface area contributed by atoms with Gasteiger partial charge < -0.3 is 15.1 Å². The summed E-state index contributed by atoms with van der Waals surface area (Å²) in [6.45, 7) is 6.74. The van der Waals surface area contributed by atoms with Crippen molar-refractivity contribution in [1.82, 2.24) is 4.90 Å². The van der Waals surface area contributed by atoms with E-state index in [1.165, 1.54) is 11.3 Å². The Balaban J connectivity index is 1.94. The van der Waals surface area contributed by atoms with Crippen LogP contribution in [0.5, 0.6) is 0 Å². The summed E-state index contributed by atoms with van der Waals surface area (Å²) < 4.78 is 0. The Morgan fingerprint density at radius 1 is 1.03 bits per heavy atom. The number of carbonyl (C=O) groups is 2. The molecule has 3 aromatic rings. The fourth-order valence-corrected chi connectivity index (χ4v) is 4.46. The molecule has 5 nitrogen and oxygen atoms in total. The van der Waals surface area contributed by atoms with Crippen LogP contribution in [0.25, 0.3) is 0 Å². The van der Waals surface area contributed by atoms with E-state index < -0.39 is 0 Å². The number of rotatable bonds is 8. The minimum Gasteiger partial charge on any atom is -0.377 e. The highest BCUT2D eigenvalue weighted by molar-refractivity contribution is 7.12. The van der Waals surface area contributed by atoms with Crippen LogP contribution in [0.3, 0.4) is 0 Å². The molecule has 0 saturated heterocycles.